The molecule has 4 heterocycles. The Balaban J connectivity index is 2.07. The van der Waals surface area contributed by atoms with E-state index in [9.17, 15) is 15.3 Å². The smallest absolute Gasteiger partial charge is 0.274 e. The molecule has 2 N–H and O–H groups in total. The number of hydrogen-bond acceptors (Lipinski definition) is 7. The predicted octanol–water partition coefficient (Wildman–Crippen LogP) is 3.51. The first-order chi connectivity index (χ1) is 13.4. The Hall–Kier alpha value is -1.95. The Kier molecular flexibility index (Phi) is 5.17. The van der Waals surface area contributed by atoms with Crippen LogP contribution in [0, 0.1) is 22.7 Å². The summed E-state index contributed by atoms with van der Waals surface area (Å²) in [6.07, 6.45) is 1.78. The Bertz CT molecular complexity index is 1410. The van der Waals surface area contributed by atoms with Gasteiger partial charge in [0.2, 0.25) is 0 Å². The molecule has 10 heteroatoms. The van der Waals surface area contributed by atoms with E-state index in [4.69, 9.17) is 5.73 Å². The molecule has 1 aliphatic rings. The van der Waals surface area contributed by atoms with Gasteiger partial charge >= 0.3 is 0 Å². The van der Waals surface area contributed by atoms with Gasteiger partial charge in [0.25, 0.3) is 5.56 Å². The van der Waals surface area contributed by atoms with E-state index in [2.05, 4.69) is 44.0 Å². The van der Waals surface area contributed by atoms with Crippen molar-refractivity contribution >= 4 is 83.3 Å². The van der Waals surface area contributed by atoms with Gasteiger partial charge < -0.3 is 5.73 Å². The van der Waals surface area contributed by atoms with Crippen LogP contribution in [0.1, 0.15) is 15.7 Å². The summed E-state index contributed by atoms with van der Waals surface area (Å²) in [5.74, 6) is -0.493. The minimum absolute atomic E-state index is 0.0827. The molecule has 138 valence electrons. The molecular formula is C18H8Br2N4OS3. The van der Waals surface area contributed by atoms with Crippen molar-refractivity contribution < 1.29 is 0 Å². The summed E-state index contributed by atoms with van der Waals surface area (Å²) < 4.78 is 4.07. The minimum Gasteiger partial charge on any atom is -0.384 e. The van der Waals surface area contributed by atoms with Crippen molar-refractivity contribution in [2.45, 2.75) is 5.92 Å². The van der Waals surface area contributed by atoms with Crippen LogP contribution in [0.5, 0.6) is 0 Å². The quantitative estimate of drug-likeness (QED) is 0.527. The molecule has 1 aliphatic heterocycles. The van der Waals surface area contributed by atoms with Crippen LogP contribution in [-0.4, -0.2) is 4.57 Å². The Labute approximate surface area is 187 Å². The molecule has 28 heavy (non-hydrogen) atoms. The lowest BCUT2D eigenvalue weighted by Crippen LogP contribution is -2.38. The Morgan fingerprint density at radius 2 is 1.71 bits per heavy atom. The van der Waals surface area contributed by atoms with E-state index < -0.39 is 5.92 Å². The summed E-state index contributed by atoms with van der Waals surface area (Å²) in [7, 11) is 0. The molecule has 3 aromatic heterocycles. The monoisotopic (exact) mass is 550 g/mol. The van der Waals surface area contributed by atoms with Gasteiger partial charge in [0.15, 0.2) is 0 Å². The molecule has 1 atom stereocenters. The van der Waals surface area contributed by atoms with Crippen molar-refractivity contribution in [2.24, 2.45) is 5.73 Å². The highest BCUT2D eigenvalue weighted by atomic mass is 79.9. The van der Waals surface area contributed by atoms with Crippen molar-refractivity contribution in [1.82, 2.24) is 4.57 Å². The number of nitriles is 2. The van der Waals surface area contributed by atoms with E-state index >= 15 is 0 Å². The molecule has 0 aliphatic carbocycles. The fourth-order valence-electron chi connectivity index (χ4n) is 2.95. The first-order valence-electron chi connectivity index (χ1n) is 7.73. The summed E-state index contributed by atoms with van der Waals surface area (Å²) in [6, 6.07) is 11.9. The third-order valence-corrected chi connectivity index (χ3v) is 8.50. The molecule has 0 fully saturated rings. The molecule has 0 radical (unpaired) electrons. The lowest BCUT2D eigenvalue weighted by Gasteiger charge is -2.20. The highest BCUT2D eigenvalue weighted by molar-refractivity contribution is 9.11. The molecule has 0 saturated carbocycles. The molecule has 3 aromatic rings. The third-order valence-electron chi connectivity index (χ3n) is 4.13. The predicted molar refractivity (Wildman–Crippen MR) is 120 cm³/mol. The van der Waals surface area contributed by atoms with Crippen LogP contribution in [0.4, 0.5) is 0 Å². The summed E-state index contributed by atoms with van der Waals surface area (Å²) in [5.41, 5.74) is 6.48. The van der Waals surface area contributed by atoms with Crippen LogP contribution >= 0.6 is 65.9 Å². The van der Waals surface area contributed by atoms with Crippen molar-refractivity contribution in [2.75, 3.05) is 0 Å². The summed E-state index contributed by atoms with van der Waals surface area (Å²) >= 11 is 11.0. The number of nitrogens with zero attached hydrogens (tertiary/aromatic N) is 3. The van der Waals surface area contributed by atoms with Gasteiger partial charge in [-0.1, -0.05) is 0 Å². The van der Waals surface area contributed by atoms with E-state index in [1.54, 1.807) is 6.08 Å². The van der Waals surface area contributed by atoms with Gasteiger partial charge in [0, 0.05) is 9.75 Å². The third kappa shape index (κ3) is 3.11. The van der Waals surface area contributed by atoms with Crippen molar-refractivity contribution in [3.05, 3.63) is 66.7 Å². The Morgan fingerprint density at radius 3 is 2.29 bits per heavy atom. The highest BCUT2D eigenvalue weighted by Gasteiger charge is 2.33. The van der Waals surface area contributed by atoms with Crippen molar-refractivity contribution in [1.29, 1.82) is 10.5 Å². The molecule has 0 saturated heterocycles. The maximum atomic E-state index is 13.0. The van der Waals surface area contributed by atoms with E-state index in [1.807, 2.05) is 24.3 Å². The van der Waals surface area contributed by atoms with Crippen LogP contribution < -0.4 is 20.5 Å². The zero-order chi connectivity index (χ0) is 20.0. The van der Waals surface area contributed by atoms with E-state index in [0.717, 1.165) is 17.3 Å². The van der Waals surface area contributed by atoms with E-state index in [0.29, 0.717) is 14.8 Å². The van der Waals surface area contributed by atoms with Crippen LogP contribution in [0.3, 0.4) is 0 Å². The number of rotatable bonds is 2. The first-order valence-corrected chi connectivity index (χ1v) is 11.8. The maximum absolute atomic E-state index is 13.0. The molecule has 4 rings (SSSR count). The molecule has 0 amide bonds. The lowest BCUT2D eigenvalue weighted by atomic mass is 9.89. The first kappa shape index (κ1) is 19.4. The lowest BCUT2D eigenvalue weighted by molar-refractivity contribution is 0.914. The van der Waals surface area contributed by atoms with Crippen LogP contribution in [-0.2, 0) is 0 Å². The van der Waals surface area contributed by atoms with Crippen LogP contribution in [0.25, 0.3) is 17.5 Å². The second kappa shape index (κ2) is 7.47. The molecule has 0 spiro atoms. The average Bonchev–Trinajstić information content (AvgIpc) is 3.35. The summed E-state index contributed by atoms with van der Waals surface area (Å²) in [5, 5.41) is 19.6. The van der Waals surface area contributed by atoms with Gasteiger partial charge in [-0.2, -0.15) is 10.5 Å². The standard InChI is InChI=1S/C18H8Br2N4OS3/c19-13-3-1-8(26-13)5-12-17(25)24-16(23)9(6-21)15(10(7-22)18(24)28-12)11-2-4-14(20)27-11/h1-5,15H,23H2/b12-5-/t15-/m1/s1. The number of aromatic nitrogens is 1. The van der Waals surface area contributed by atoms with Gasteiger partial charge in [0.1, 0.15) is 10.5 Å². The number of nitrogens with two attached hydrogens (primary N) is 1. The number of thiazole rings is 1. The number of allylic oxidation sites excluding steroid dienone is 1. The average molecular weight is 552 g/mol. The summed E-state index contributed by atoms with van der Waals surface area (Å²) in [6.45, 7) is 0. The topological polar surface area (TPSA) is 95.6 Å². The minimum atomic E-state index is -0.576. The van der Waals surface area contributed by atoms with Crippen molar-refractivity contribution in [3.63, 3.8) is 0 Å². The molecular weight excluding hydrogens is 544 g/mol. The molecule has 0 aromatic carbocycles. The highest BCUT2D eigenvalue weighted by Crippen LogP contribution is 2.40. The van der Waals surface area contributed by atoms with Gasteiger partial charge in [-0.15, -0.1) is 34.0 Å². The zero-order valence-electron chi connectivity index (χ0n) is 13.8. The molecule has 5 nitrogen and oxygen atoms in total. The second-order valence-corrected chi connectivity index (χ2v) is 11.7. The molecule has 0 bridgehead atoms. The zero-order valence-corrected chi connectivity index (χ0v) is 19.4. The van der Waals surface area contributed by atoms with Gasteiger partial charge in [0.05, 0.1) is 41.3 Å². The SMILES string of the molecule is N#CC1=C(N)n2c(s/c(=C\c3ccc(Br)s3)c2=O)=C(C#N)[C@@H]1c1ccc(Br)s1. The van der Waals surface area contributed by atoms with Crippen LogP contribution in [0.2, 0.25) is 0 Å². The largest absolute Gasteiger partial charge is 0.384 e. The number of thiophene rings is 2. The normalized spacial score (nSPS) is 16.8. The van der Waals surface area contributed by atoms with E-state index in [-0.39, 0.29) is 17.0 Å². The maximum Gasteiger partial charge on any atom is 0.274 e. The van der Waals surface area contributed by atoms with Gasteiger partial charge in [-0.25, -0.2) is 0 Å². The Morgan fingerprint density at radius 1 is 1.04 bits per heavy atom. The number of halogens is 2. The van der Waals surface area contributed by atoms with E-state index in [1.165, 1.54) is 38.6 Å². The second-order valence-electron chi connectivity index (χ2n) is 5.71. The van der Waals surface area contributed by atoms with Gasteiger partial charge in [-0.3, -0.25) is 9.36 Å². The number of fused-ring (bicyclic) bond motifs is 1. The fourth-order valence-corrected chi connectivity index (χ4v) is 7.06. The van der Waals surface area contributed by atoms with Gasteiger partial charge in [-0.05, 0) is 62.2 Å². The fraction of sp³-hybridized carbons (Fsp3) is 0.0556. The van der Waals surface area contributed by atoms with Crippen LogP contribution in [0.15, 0.2) is 42.2 Å². The number of hydrogen-bond donors (Lipinski definition) is 1. The van der Waals surface area contributed by atoms with Crippen molar-refractivity contribution in [3.8, 4) is 12.1 Å². The molecule has 0 unspecified atom stereocenters. The summed E-state index contributed by atoms with van der Waals surface area (Å²) in [4.78, 5) is 14.7.